The number of nitrogen functional groups attached to an aromatic ring is 1. The Morgan fingerprint density at radius 1 is 1.21 bits per heavy atom. The van der Waals surface area contributed by atoms with Gasteiger partial charge in [0.15, 0.2) is 11.6 Å². The molecule has 3 N–H and O–H groups in total. The lowest BCUT2D eigenvalue weighted by atomic mass is 10.00. The molecule has 2 aromatic heterocycles. The number of carbonyl (C=O) groups is 1. The van der Waals surface area contributed by atoms with Gasteiger partial charge >= 0.3 is 6.09 Å². The lowest BCUT2D eigenvalue weighted by Gasteiger charge is -2.42. The molecule has 0 radical (unpaired) electrons. The summed E-state index contributed by atoms with van der Waals surface area (Å²) in [6.07, 6.45) is 1.53. The number of nitrogens with zero attached hydrogens (tertiary/aromatic N) is 3. The van der Waals surface area contributed by atoms with E-state index in [1.807, 2.05) is 32.6 Å². The number of benzene rings is 1. The molecular weight excluding hydrogens is 532 g/mol. The summed E-state index contributed by atoms with van der Waals surface area (Å²) < 4.78 is 43.4. The van der Waals surface area contributed by atoms with Gasteiger partial charge < -0.3 is 25.4 Å². The van der Waals surface area contributed by atoms with E-state index in [4.69, 9.17) is 15.2 Å². The van der Waals surface area contributed by atoms with Crippen molar-refractivity contribution in [3.05, 3.63) is 28.3 Å². The number of fused-ring (bicyclic) bond motifs is 4. The first-order valence-corrected chi connectivity index (χ1v) is 14.4. The first-order valence-electron chi connectivity index (χ1n) is 12.8. The van der Waals surface area contributed by atoms with Crippen LogP contribution in [-0.2, 0) is 11.2 Å². The minimum absolute atomic E-state index is 0.110. The van der Waals surface area contributed by atoms with Gasteiger partial charge in [-0.05, 0) is 40.5 Å². The molecule has 8 nitrogen and oxygen atoms in total. The summed E-state index contributed by atoms with van der Waals surface area (Å²) in [4.78, 5) is 21.8. The number of rotatable bonds is 3. The molecule has 2 saturated heterocycles. The Kier molecular flexibility index (Phi) is 6.10. The van der Waals surface area contributed by atoms with E-state index in [1.165, 1.54) is 22.7 Å². The van der Waals surface area contributed by atoms with Gasteiger partial charge in [-0.2, -0.15) is 0 Å². The maximum atomic E-state index is 15.5. The minimum atomic E-state index is -0.886. The van der Waals surface area contributed by atoms with Gasteiger partial charge in [0.1, 0.15) is 27.8 Å². The van der Waals surface area contributed by atoms with Crippen LogP contribution in [0.1, 0.15) is 44.2 Å². The van der Waals surface area contributed by atoms with Crippen molar-refractivity contribution in [3.8, 4) is 5.75 Å². The van der Waals surface area contributed by atoms with Crippen molar-refractivity contribution in [2.45, 2.75) is 70.7 Å². The summed E-state index contributed by atoms with van der Waals surface area (Å²) in [5.74, 6) is -1.41. The van der Waals surface area contributed by atoms with Crippen LogP contribution >= 0.6 is 22.7 Å². The number of anilines is 3. The van der Waals surface area contributed by atoms with Crippen LogP contribution in [0.15, 0.2) is 6.07 Å². The van der Waals surface area contributed by atoms with Crippen LogP contribution in [0.2, 0.25) is 0 Å². The van der Waals surface area contributed by atoms with Crippen LogP contribution in [0.4, 0.5) is 30.0 Å². The second-order valence-electron chi connectivity index (χ2n) is 11.2. The van der Waals surface area contributed by atoms with Gasteiger partial charge in [0.05, 0.1) is 39.2 Å². The second kappa shape index (κ2) is 9.11. The van der Waals surface area contributed by atoms with Crippen LogP contribution in [-0.4, -0.2) is 59.4 Å². The van der Waals surface area contributed by atoms with Crippen molar-refractivity contribution < 1.29 is 23.0 Å². The van der Waals surface area contributed by atoms with Crippen LogP contribution in [0.5, 0.6) is 5.75 Å². The number of halogens is 2. The fraction of sp³-hybridized carbons (Fsp3) is 0.538. The van der Waals surface area contributed by atoms with Crippen molar-refractivity contribution in [3.63, 3.8) is 0 Å². The first-order chi connectivity index (χ1) is 18.0. The molecule has 1 aromatic carbocycles. The fourth-order valence-corrected chi connectivity index (χ4v) is 7.84. The van der Waals surface area contributed by atoms with Gasteiger partial charge in [-0.3, -0.25) is 4.90 Å². The number of nitrogens with two attached hydrogens (primary N) is 1. The maximum absolute atomic E-state index is 15.5. The second-order valence-corrected chi connectivity index (χ2v) is 13.4. The Bertz CT molecular complexity index is 1400. The lowest BCUT2D eigenvalue weighted by Crippen LogP contribution is -2.57. The Morgan fingerprint density at radius 2 is 1.92 bits per heavy atom. The van der Waals surface area contributed by atoms with Gasteiger partial charge in [0, 0.05) is 31.1 Å². The summed E-state index contributed by atoms with van der Waals surface area (Å²) in [7, 11) is 0. The highest BCUT2D eigenvalue weighted by Crippen LogP contribution is 2.43. The molecule has 0 spiro atoms. The molecule has 0 saturated carbocycles. The minimum Gasteiger partial charge on any atom is -0.491 e. The number of thiophene rings is 1. The Morgan fingerprint density at radius 3 is 2.58 bits per heavy atom. The number of carbonyl (C=O) groups excluding carboxylic acids is 1. The average molecular weight is 564 g/mol. The summed E-state index contributed by atoms with van der Waals surface area (Å²) in [6.45, 7) is 8.58. The summed E-state index contributed by atoms with van der Waals surface area (Å²) in [5, 5.41) is 5.07. The number of aryl methyl sites for hydroxylation is 1. The molecule has 3 aliphatic heterocycles. The van der Waals surface area contributed by atoms with E-state index in [-0.39, 0.29) is 41.9 Å². The highest BCUT2D eigenvalue weighted by molar-refractivity contribution is 7.30. The molecule has 2 unspecified atom stereocenters. The molecule has 5 heterocycles. The summed E-state index contributed by atoms with van der Waals surface area (Å²) >= 11 is 2.99. The van der Waals surface area contributed by atoms with E-state index in [9.17, 15) is 4.79 Å². The Balaban J connectivity index is 1.19. The van der Waals surface area contributed by atoms with Crippen molar-refractivity contribution in [2.24, 2.45) is 0 Å². The molecule has 3 aromatic rings. The van der Waals surface area contributed by atoms with Gasteiger partial charge in [0.2, 0.25) is 0 Å². The highest BCUT2D eigenvalue weighted by Gasteiger charge is 2.45. The summed E-state index contributed by atoms with van der Waals surface area (Å²) in [5.41, 5.74) is 6.75. The van der Waals surface area contributed by atoms with E-state index in [0.29, 0.717) is 31.1 Å². The van der Waals surface area contributed by atoms with E-state index in [0.717, 1.165) is 32.4 Å². The molecule has 3 aliphatic rings. The molecule has 2 bridgehead atoms. The monoisotopic (exact) mass is 563 g/mol. The van der Waals surface area contributed by atoms with Crippen molar-refractivity contribution in [2.75, 3.05) is 35.6 Å². The van der Waals surface area contributed by atoms with Crippen LogP contribution in [0.25, 0.3) is 9.53 Å². The Labute approximate surface area is 227 Å². The molecule has 38 heavy (non-hydrogen) atoms. The lowest BCUT2D eigenvalue weighted by molar-refractivity contribution is 0.0123. The molecule has 6 rings (SSSR count). The zero-order chi connectivity index (χ0) is 26.9. The number of hydrogen-bond donors (Lipinski definition) is 2. The topological polar surface area (TPSA) is 93.0 Å². The number of piperazine rings is 1. The first kappa shape index (κ1) is 25.4. The smallest absolute Gasteiger partial charge is 0.410 e. The molecule has 0 aliphatic carbocycles. The number of ether oxygens (including phenoxy) is 2. The number of amides is 1. The predicted octanol–water partition coefficient (Wildman–Crippen LogP) is 5.53. The molecule has 204 valence electrons. The summed E-state index contributed by atoms with van der Waals surface area (Å²) in [6, 6.07) is 1.13. The predicted molar refractivity (Wildman–Crippen MR) is 147 cm³/mol. The van der Waals surface area contributed by atoms with Crippen LogP contribution < -0.4 is 20.7 Å². The molecular formula is C26H31F2N5O3S2. The largest absolute Gasteiger partial charge is 0.491 e. The number of nitrogens with one attached hydrogen (secondary N) is 1. The van der Waals surface area contributed by atoms with Gasteiger partial charge in [-0.15, -0.1) is 11.3 Å². The highest BCUT2D eigenvalue weighted by atomic mass is 32.1. The van der Waals surface area contributed by atoms with Crippen molar-refractivity contribution in [1.82, 2.24) is 9.88 Å². The quantitative estimate of drug-likeness (QED) is 0.433. The normalized spacial score (nSPS) is 22.9. The van der Waals surface area contributed by atoms with E-state index >= 15 is 8.78 Å². The average Bonchev–Trinajstić information content (AvgIpc) is 3.44. The van der Waals surface area contributed by atoms with Crippen molar-refractivity contribution in [1.29, 1.82) is 0 Å². The fourth-order valence-electron chi connectivity index (χ4n) is 5.67. The van der Waals surface area contributed by atoms with E-state index in [1.54, 1.807) is 11.0 Å². The van der Waals surface area contributed by atoms with Gasteiger partial charge in [-0.25, -0.2) is 18.6 Å². The zero-order valence-corrected chi connectivity index (χ0v) is 23.4. The molecule has 3 atom stereocenters. The van der Waals surface area contributed by atoms with Gasteiger partial charge in [0.25, 0.3) is 0 Å². The third-order valence-electron chi connectivity index (χ3n) is 7.29. The van der Waals surface area contributed by atoms with Crippen LogP contribution in [0.3, 0.4) is 0 Å². The maximum Gasteiger partial charge on any atom is 0.410 e. The number of thiazole rings is 1. The third kappa shape index (κ3) is 4.41. The molecule has 1 amide bonds. The van der Waals surface area contributed by atoms with Crippen LogP contribution in [0, 0.1) is 18.6 Å². The number of aromatic nitrogens is 1. The molecule has 2 fully saturated rings. The number of hydrogen-bond acceptors (Lipinski definition) is 9. The molecule has 12 heteroatoms. The van der Waals surface area contributed by atoms with E-state index < -0.39 is 17.2 Å². The SMILES string of the molecule is Cc1nc2sc(N[C@H]3COc4cc(N5CC6CCC(C5)N6C(=O)OC(C)(C)C)c(F)c(F)c4C3)c(N)c2s1. The standard InChI is InChI=1S/C26H31F2N5O3S2/c1-12-30-24-22(37-12)21(29)23(38-24)31-13-7-16-18(35-11-13)8-17(20(28)19(16)27)32-9-14-5-6-15(10-32)33(14)25(34)36-26(2,3)4/h8,13-15,31H,5-7,9-11,29H2,1-4H3/t13-,14?,15?/m1/s1. The third-order valence-corrected chi connectivity index (χ3v) is 9.46. The zero-order valence-electron chi connectivity index (χ0n) is 21.8. The van der Waals surface area contributed by atoms with Crippen molar-refractivity contribution >= 4 is 54.7 Å². The Hall–Kier alpha value is -2.86. The van der Waals surface area contributed by atoms with E-state index in [2.05, 4.69) is 10.3 Å². The van der Waals surface area contributed by atoms with Gasteiger partial charge in [-0.1, -0.05) is 11.3 Å².